The fourth-order valence-corrected chi connectivity index (χ4v) is 5.10. The maximum absolute atomic E-state index is 12.3. The first-order chi connectivity index (χ1) is 12.1. The smallest absolute Gasteiger partial charge is 0.234 e. The van der Waals surface area contributed by atoms with Gasteiger partial charge in [-0.25, -0.2) is 0 Å². The highest BCUT2D eigenvalue weighted by atomic mass is 32.2. The van der Waals surface area contributed by atoms with Crippen molar-refractivity contribution in [3.8, 4) is 0 Å². The summed E-state index contributed by atoms with van der Waals surface area (Å²) in [5.74, 6) is 4.21. The van der Waals surface area contributed by atoms with Gasteiger partial charge in [0.15, 0.2) is 0 Å². The number of nitrogens with zero attached hydrogens (tertiary/aromatic N) is 2. The molecule has 7 nitrogen and oxygen atoms in total. The van der Waals surface area contributed by atoms with E-state index in [4.69, 9.17) is 4.74 Å². The van der Waals surface area contributed by atoms with Crippen molar-refractivity contribution in [3.63, 3.8) is 0 Å². The Morgan fingerprint density at radius 1 is 1.20 bits per heavy atom. The first-order valence-electron chi connectivity index (χ1n) is 8.91. The number of rotatable bonds is 6. The molecule has 1 unspecified atom stereocenters. The molecule has 0 aromatic heterocycles. The quantitative estimate of drug-likeness (QED) is 0.637. The number of carbonyl (C=O) groups is 2. The van der Waals surface area contributed by atoms with E-state index in [0.29, 0.717) is 69.7 Å². The molecule has 3 rings (SSSR count). The van der Waals surface area contributed by atoms with Gasteiger partial charge in [-0.1, -0.05) is 0 Å². The normalized spacial score (nSPS) is 26.2. The molecule has 3 heterocycles. The molecule has 3 saturated heterocycles. The molecule has 2 amide bonds. The molecule has 142 valence electrons. The zero-order valence-electron chi connectivity index (χ0n) is 14.5. The number of hydrogen-bond acceptors (Lipinski definition) is 6. The van der Waals surface area contributed by atoms with E-state index in [-0.39, 0.29) is 17.9 Å². The van der Waals surface area contributed by atoms with Crippen molar-refractivity contribution >= 4 is 34.4 Å². The predicted molar refractivity (Wildman–Crippen MR) is 99.1 cm³/mol. The van der Waals surface area contributed by atoms with Crippen LogP contribution < -0.4 is 5.32 Å². The van der Waals surface area contributed by atoms with Gasteiger partial charge < -0.3 is 15.0 Å². The van der Waals surface area contributed by atoms with E-state index in [1.54, 1.807) is 0 Å². The Balaban J connectivity index is 1.35. The van der Waals surface area contributed by atoms with Crippen LogP contribution in [0.3, 0.4) is 0 Å². The average molecular weight is 390 g/mol. The molecule has 0 radical (unpaired) electrons. The molecule has 1 N–H and O–H groups in total. The van der Waals surface area contributed by atoms with Crippen LogP contribution in [0, 0.1) is 5.92 Å². The molecule has 0 spiro atoms. The van der Waals surface area contributed by atoms with Crippen molar-refractivity contribution in [1.29, 1.82) is 0 Å². The van der Waals surface area contributed by atoms with Crippen molar-refractivity contribution in [2.24, 2.45) is 5.92 Å². The lowest BCUT2D eigenvalue weighted by Gasteiger charge is -2.35. The predicted octanol–water partition coefficient (Wildman–Crippen LogP) is -0.853. The Morgan fingerprint density at radius 2 is 1.96 bits per heavy atom. The van der Waals surface area contributed by atoms with E-state index < -0.39 is 10.8 Å². The van der Waals surface area contributed by atoms with Crippen molar-refractivity contribution in [1.82, 2.24) is 15.1 Å². The summed E-state index contributed by atoms with van der Waals surface area (Å²) in [4.78, 5) is 28.3. The maximum atomic E-state index is 12.3. The Kier molecular flexibility index (Phi) is 7.15. The molecule has 0 aromatic carbocycles. The number of morpholine rings is 1. The van der Waals surface area contributed by atoms with Crippen LogP contribution in [-0.4, -0.2) is 101 Å². The van der Waals surface area contributed by atoms with E-state index in [9.17, 15) is 13.8 Å². The molecule has 3 aliphatic rings. The van der Waals surface area contributed by atoms with Gasteiger partial charge in [0, 0.05) is 61.4 Å². The van der Waals surface area contributed by atoms with Gasteiger partial charge in [0.25, 0.3) is 0 Å². The SMILES string of the molecule is O=C(CN1CCS(=O)CC1)NCC1CN(C(=O)CC2CSC2)CCO1. The molecule has 0 aromatic rings. The number of carbonyl (C=O) groups excluding carboxylic acids is 2. The Morgan fingerprint density at radius 3 is 2.64 bits per heavy atom. The van der Waals surface area contributed by atoms with Gasteiger partial charge in [-0.3, -0.25) is 18.7 Å². The maximum Gasteiger partial charge on any atom is 0.234 e. The summed E-state index contributed by atoms with van der Waals surface area (Å²) in [5.41, 5.74) is 0. The molecule has 9 heteroatoms. The van der Waals surface area contributed by atoms with Crippen molar-refractivity contribution in [2.75, 3.05) is 68.9 Å². The van der Waals surface area contributed by atoms with Crippen LogP contribution in [0.2, 0.25) is 0 Å². The number of amides is 2. The minimum atomic E-state index is -0.725. The standard InChI is InChI=1S/C16H27N3O4S2/c20-15(10-18-2-5-25(22)6-3-18)17-8-14-9-19(1-4-23-14)16(21)7-13-11-24-12-13/h13-14H,1-12H2,(H,17,20). The zero-order valence-corrected chi connectivity index (χ0v) is 16.1. The summed E-state index contributed by atoms with van der Waals surface area (Å²) in [7, 11) is -0.725. The fraction of sp³-hybridized carbons (Fsp3) is 0.875. The summed E-state index contributed by atoms with van der Waals surface area (Å²) >= 11 is 1.90. The van der Waals surface area contributed by atoms with Crippen LogP contribution in [0.5, 0.6) is 0 Å². The Hall–Kier alpha value is -0.640. The topological polar surface area (TPSA) is 79.0 Å². The number of nitrogens with one attached hydrogen (secondary N) is 1. The minimum absolute atomic E-state index is 0.0359. The second-order valence-corrected chi connectivity index (χ2v) is 9.64. The lowest BCUT2D eigenvalue weighted by Crippen LogP contribution is -2.51. The van der Waals surface area contributed by atoms with E-state index in [1.807, 2.05) is 21.6 Å². The van der Waals surface area contributed by atoms with Crippen LogP contribution >= 0.6 is 11.8 Å². The van der Waals surface area contributed by atoms with Gasteiger partial charge in [-0.2, -0.15) is 11.8 Å². The summed E-state index contributed by atoms with van der Waals surface area (Å²) in [5, 5.41) is 2.91. The lowest BCUT2D eigenvalue weighted by molar-refractivity contribution is -0.139. The third-order valence-electron chi connectivity index (χ3n) is 4.83. The van der Waals surface area contributed by atoms with E-state index in [2.05, 4.69) is 5.32 Å². The van der Waals surface area contributed by atoms with Gasteiger partial charge in [-0.05, 0) is 17.4 Å². The summed E-state index contributed by atoms with van der Waals surface area (Å²) in [6.45, 7) is 3.93. The highest BCUT2D eigenvalue weighted by molar-refractivity contribution is 8.00. The number of thioether (sulfide) groups is 1. The molecular formula is C16H27N3O4S2. The number of ether oxygens (including phenoxy) is 1. The van der Waals surface area contributed by atoms with Crippen molar-refractivity contribution in [3.05, 3.63) is 0 Å². The first kappa shape index (κ1) is 19.1. The van der Waals surface area contributed by atoms with Crippen LogP contribution in [0.15, 0.2) is 0 Å². The van der Waals surface area contributed by atoms with E-state index in [1.165, 1.54) is 0 Å². The van der Waals surface area contributed by atoms with E-state index >= 15 is 0 Å². The fourth-order valence-electron chi connectivity index (χ4n) is 3.17. The monoisotopic (exact) mass is 389 g/mol. The molecule has 25 heavy (non-hydrogen) atoms. The third-order valence-corrected chi connectivity index (χ3v) is 7.52. The second kappa shape index (κ2) is 9.34. The second-order valence-electron chi connectivity index (χ2n) is 6.87. The third kappa shape index (κ3) is 5.94. The van der Waals surface area contributed by atoms with Gasteiger partial charge >= 0.3 is 0 Å². The average Bonchev–Trinajstić information content (AvgIpc) is 2.58. The van der Waals surface area contributed by atoms with E-state index in [0.717, 1.165) is 11.5 Å². The van der Waals surface area contributed by atoms with Crippen LogP contribution in [0.4, 0.5) is 0 Å². The minimum Gasteiger partial charge on any atom is -0.373 e. The van der Waals surface area contributed by atoms with Gasteiger partial charge in [0.05, 0.1) is 19.3 Å². The van der Waals surface area contributed by atoms with Gasteiger partial charge in [0.2, 0.25) is 11.8 Å². The van der Waals surface area contributed by atoms with Gasteiger partial charge in [-0.15, -0.1) is 0 Å². The summed E-state index contributed by atoms with van der Waals surface area (Å²) < 4.78 is 17.0. The Bertz CT molecular complexity index is 506. The zero-order chi connectivity index (χ0) is 17.6. The Labute approximate surface area is 155 Å². The first-order valence-corrected chi connectivity index (χ1v) is 11.6. The molecule has 3 aliphatic heterocycles. The molecule has 3 fully saturated rings. The van der Waals surface area contributed by atoms with Crippen LogP contribution in [-0.2, 0) is 25.1 Å². The van der Waals surface area contributed by atoms with Crippen LogP contribution in [0.25, 0.3) is 0 Å². The molecule has 1 atom stereocenters. The molecule has 0 bridgehead atoms. The highest BCUT2D eigenvalue weighted by Crippen LogP contribution is 2.28. The summed E-state index contributed by atoms with van der Waals surface area (Å²) in [6.07, 6.45) is 0.508. The number of hydrogen-bond donors (Lipinski definition) is 1. The lowest BCUT2D eigenvalue weighted by atomic mass is 10.1. The largest absolute Gasteiger partial charge is 0.373 e. The van der Waals surface area contributed by atoms with Crippen molar-refractivity contribution in [2.45, 2.75) is 12.5 Å². The molecule has 0 saturated carbocycles. The summed E-state index contributed by atoms with van der Waals surface area (Å²) in [6, 6.07) is 0. The highest BCUT2D eigenvalue weighted by Gasteiger charge is 2.28. The molecule has 0 aliphatic carbocycles. The van der Waals surface area contributed by atoms with Gasteiger partial charge in [0.1, 0.15) is 0 Å². The van der Waals surface area contributed by atoms with Crippen LogP contribution in [0.1, 0.15) is 6.42 Å². The van der Waals surface area contributed by atoms with Crippen molar-refractivity contribution < 1.29 is 18.5 Å². The molecular weight excluding hydrogens is 362 g/mol.